The molecule has 0 fully saturated rings. The molecule has 0 saturated heterocycles. The molecule has 1 amide bonds. The molecule has 0 aliphatic carbocycles. The van der Waals surface area contributed by atoms with E-state index in [2.05, 4.69) is 20.6 Å². The number of carbonyl (C=O) groups excluding carboxylic acids is 1. The van der Waals surface area contributed by atoms with Crippen LogP contribution in [0.1, 0.15) is 10.6 Å². The number of rotatable bonds is 9. The van der Waals surface area contributed by atoms with Crippen molar-refractivity contribution in [3.63, 3.8) is 0 Å². The van der Waals surface area contributed by atoms with Gasteiger partial charge in [0, 0.05) is 11.6 Å². The highest BCUT2D eigenvalue weighted by Crippen LogP contribution is 2.42. The number of anilines is 2. The molecule has 0 radical (unpaired) electrons. The molecule has 0 bridgehead atoms. The number of nitrogens with zero attached hydrogens (tertiary/aromatic N) is 4. The van der Waals surface area contributed by atoms with Crippen molar-refractivity contribution in [1.29, 1.82) is 0 Å². The molecule has 3 heterocycles. The molecule has 0 spiro atoms. The zero-order valence-corrected chi connectivity index (χ0v) is 19.4. The van der Waals surface area contributed by atoms with Crippen molar-refractivity contribution >= 4 is 28.2 Å². The molecule has 0 aliphatic heterocycles. The van der Waals surface area contributed by atoms with Crippen LogP contribution in [-0.2, 0) is 0 Å². The van der Waals surface area contributed by atoms with Crippen LogP contribution in [0, 0.1) is 0 Å². The SMILES string of the molecule is COc1cccc(OC)c1-c1cc(C(=O)Nc2nnc(-n3nccc3N)s2)oc(=O)c1OCCO. The highest BCUT2D eigenvalue weighted by atomic mass is 32.1. The number of amides is 1. The predicted molar refractivity (Wildman–Crippen MR) is 125 cm³/mol. The van der Waals surface area contributed by atoms with Gasteiger partial charge in [0.05, 0.1) is 32.6 Å². The third kappa shape index (κ3) is 4.78. The molecule has 14 heteroatoms. The zero-order valence-electron chi connectivity index (χ0n) is 18.5. The first-order valence-corrected chi connectivity index (χ1v) is 10.9. The minimum atomic E-state index is -0.934. The number of nitrogens with two attached hydrogens (primary N) is 1. The Morgan fingerprint density at radius 2 is 1.97 bits per heavy atom. The van der Waals surface area contributed by atoms with E-state index in [9.17, 15) is 14.7 Å². The van der Waals surface area contributed by atoms with Crippen LogP contribution in [0.25, 0.3) is 16.3 Å². The van der Waals surface area contributed by atoms with E-state index < -0.39 is 11.5 Å². The van der Waals surface area contributed by atoms with Crippen LogP contribution in [0.2, 0.25) is 0 Å². The minimum Gasteiger partial charge on any atom is -0.496 e. The summed E-state index contributed by atoms with van der Waals surface area (Å²) in [6.07, 6.45) is 1.50. The summed E-state index contributed by atoms with van der Waals surface area (Å²) in [7, 11) is 2.90. The Balaban J connectivity index is 1.74. The third-order valence-electron chi connectivity index (χ3n) is 4.65. The molecule has 3 aromatic heterocycles. The number of carbonyl (C=O) groups is 1. The third-order valence-corrected chi connectivity index (χ3v) is 5.47. The largest absolute Gasteiger partial charge is 0.496 e. The van der Waals surface area contributed by atoms with Gasteiger partial charge in [0.2, 0.25) is 16.0 Å². The molecule has 1 aromatic carbocycles. The fourth-order valence-electron chi connectivity index (χ4n) is 3.16. The molecule has 35 heavy (non-hydrogen) atoms. The van der Waals surface area contributed by atoms with Crippen LogP contribution in [-0.4, -0.2) is 58.4 Å². The van der Waals surface area contributed by atoms with E-state index in [0.29, 0.717) is 28.0 Å². The van der Waals surface area contributed by atoms with E-state index >= 15 is 0 Å². The molecule has 0 atom stereocenters. The van der Waals surface area contributed by atoms with Gasteiger partial charge < -0.3 is 29.5 Å². The normalized spacial score (nSPS) is 10.7. The summed E-state index contributed by atoms with van der Waals surface area (Å²) in [6, 6.07) is 7.92. The highest BCUT2D eigenvalue weighted by Gasteiger charge is 2.24. The quantitative estimate of drug-likeness (QED) is 0.304. The lowest BCUT2D eigenvalue weighted by atomic mass is 10.0. The molecular weight excluding hydrogens is 480 g/mol. The first-order valence-electron chi connectivity index (χ1n) is 10.0. The number of methoxy groups -OCH3 is 2. The van der Waals surface area contributed by atoms with Crippen LogP contribution < -0.4 is 30.9 Å². The number of aliphatic hydroxyl groups excluding tert-OH is 1. The summed E-state index contributed by atoms with van der Waals surface area (Å²) in [5.74, 6) is -0.238. The summed E-state index contributed by atoms with van der Waals surface area (Å²) >= 11 is 1.01. The number of nitrogens with one attached hydrogen (secondary N) is 1. The van der Waals surface area contributed by atoms with Crippen LogP contribution in [0.3, 0.4) is 0 Å². The van der Waals surface area contributed by atoms with Crippen LogP contribution in [0.15, 0.2) is 45.7 Å². The topological polar surface area (TPSA) is 177 Å². The van der Waals surface area contributed by atoms with Gasteiger partial charge in [-0.2, -0.15) is 9.78 Å². The summed E-state index contributed by atoms with van der Waals surface area (Å²) < 4.78 is 22.9. The Kier molecular flexibility index (Phi) is 6.93. The van der Waals surface area contributed by atoms with Crippen molar-refractivity contribution in [2.45, 2.75) is 0 Å². The molecule has 182 valence electrons. The van der Waals surface area contributed by atoms with Crippen LogP contribution in [0.4, 0.5) is 10.9 Å². The Bertz CT molecular complexity index is 1390. The van der Waals surface area contributed by atoms with Crippen molar-refractivity contribution in [2.24, 2.45) is 0 Å². The number of hydrogen-bond acceptors (Lipinski definition) is 12. The van der Waals surface area contributed by atoms with Gasteiger partial charge >= 0.3 is 5.63 Å². The second-order valence-electron chi connectivity index (χ2n) is 6.76. The van der Waals surface area contributed by atoms with Gasteiger partial charge in [0.15, 0.2) is 5.76 Å². The van der Waals surface area contributed by atoms with Crippen LogP contribution >= 0.6 is 11.3 Å². The molecule has 13 nitrogen and oxygen atoms in total. The van der Waals surface area contributed by atoms with Gasteiger partial charge in [-0.1, -0.05) is 17.4 Å². The number of aliphatic hydroxyl groups is 1. The Morgan fingerprint density at radius 1 is 1.23 bits per heavy atom. The lowest BCUT2D eigenvalue weighted by Crippen LogP contribution is -2.18. The summed E-state index contributed by atoms with van der Waals surface area (Å²) in [5.41, 5.74) is 5.42. The smallest absolute Gasteiger partial charge is 0.379 e. The second-order valence-corrected chi connectivity index (χ2v) is 7.72. The summed E-state index contributed by atoms with van der Waals surface area (Å²) in [5, 5.41) is 24.0. The van der Waals surface area contributed by atoms with Crippen molar-refractivity contribution in [1.82, 2.24) is 20.0 Å². The van der Waals surface area contributed by atoms with Crippen molar-refractivity contribution in [3.8, 4) is 33.5 Å². The van der Waals surface area contributed by atoms with E-state index in [0.717, 1.165) is 11.3 Å². The van der Waals surface area contributed by atoms with Crippen molar-refractivity contribution in [2.75, 3.05) is 38.5 Å². The average Bonchev–Trinajstić information content (AvgIpc) is 3.50. The fraction of sp³-hybridized carbons (Fsp3) is 0.190. The van der Waals surface area contributed by atoms with E-state index in [-0.39, 0.29) is 35.4 Å². The summed E-state index contributed by atoms with van der Waals surface area (Å²) in [6.45, 7) is -0.519. The molecule has 4 aromatic rings. The molecular formula is C21H20N6O7S. The Labute approximate surface area is 201 Å². The minimum absolute atomic E-state index is 0.125. The zero-order chi connectivity index (χ0) is 24.9. The standard InChI is InChI=1S/C21H20N6O7S/c1-31-12-4-3-5-13(32-2)16(12)11-10-14(34-19(30)17(11)33-9-8-28)18(29)24-20-25-26-21(35-20)27-15(22)6-7-23-27/h3-7,10,28H,8-9,22H2,1-2H3,(H,24,25,29). The summed E-state index contributed by atoms with van der Waals surface area (Å²) in [4.78, 5) is 25.8. The number of hydrogen-bond donors (Lipinski definition) is 3. The Hall–Kier alpha value is -4.43. The lowest BCUT2D eigenvalue weighted by Gasteiger charge is -2.16. The van der Waals surface area contributed by atoms with Gasteiger partial charge in [-0.05, 0) is 18.2 Å². The molecule has 4 N–H and O–H groups in total. The van der Waals surface area contributed by atoms with E-state index in [1.807, 2.05) is 0 Å². The molecule has 4 rings (SSSR count). The molecule has 0 aliphatic rings. The van der Waals surface area contributed by atoms with Crippen molar-refractivity contribution < 1.29 is 28.5 Å². The van der Waals surface area contributed by atoms with Gasteiger partial charge in [0.1, 0.15) is 23.9 Å². The number of aromatic nitrogens is 4. The van der Waals surface area contributed by atoms with E-state index in [4.69, 9.17) is 24.4 Å². The number of benzene rings is 1. The maximum atomic E-state index is 13.0. The van der Waals surface area contributed by atoms with Gasteiger partial charge in [-0.3, -0.25) is 10.1 Å². The van der Waals surface area contributed by atoms with E-state index in [1.54, 1.807) is 24.3 Å². The monoisotopic (exact) mass is 500 g/mol. The number of ether oxygens (including phenoxy) is 3. The van der Waals surface area contributed by atoms with Crippen LogP contribution in [0.5, 0.6) is 17.2 Å². The lowest BCUT2D eigenvalue weighted by molar-refractivity contribution is 0.0990. The first kappa shape index (κ1) is 23.7. The number of nitrogen functional groups attached to an aromatic ring is 1. The van der Waals surface area contributed by atoms with Gasteiger partial charge in [-0.25, -0.2) is 4.79 Å². The maximum absolute atomic E-state index is 13.0. The van der Waals surface area contributed by atoms with E-state index in [1.165, 1.54) is 31.2 Å². The average molecular weight is 500 g/mol. The molecule has 0 saturated carbocycles. The van der Waals surface area contributed by atoms with Crippen molar-refractivity contribution in [3.05, 3.63) is 52.7 Å². The predicted octanol–water partition coefficient (Wildman–Crippen LogP) is 1.57. The fourth-order valence-corrected chi connectivity index (χ4v) is 3.88. The maximum Gasteiger partial charge on any atom is 0.379 e. The Morgan fingerprint density at radius 3 is 2.60 bits per heavy atom. The highest BCUT2D eigenvalue weighted by molar-refractivity contribution is 7.17. The van der Waals surface area contributed by atoms with Gasteiger partial charge in [0.25, 0.3) is 5.91 Å². The first-order chi connectivity index (χ1) is 17.0. The second kappa shape index (κ2) is 10.2. The van der Waals surface area contributed by atoms with Gasteiger partial charge in [-0.15, -0.1) is 10.2 Å². The molecule has 0 unspecified atom stereocenters.